The van der Waals surface area contributed by atoms with Crippen molar-refractivity contribution in [3.63, 3.8) is 0 Å². The summed E-state index contributed by atoms with van der Waals surface area (Å²) in [5.41, 5.74) is 6.28. The van der Waals surface area contributed by atoms with E-state index in [-0.39, 0.29) is 17.2 Å². The monoisotopic (exact) mass is 750 g/mol. The van der Waals surface area contributed by atoms with Crippen LogP contribution in [-0.2, 0) is 35.5 Å². The number of phenols is 3. The lowest BCUT2D eigenvalue weighted by molar-refractivity contribution is 0.410. The standard InChI is InChI=1S/2C18H22O2.C8H18O2S2/c1-3-5-14-7-10-16(11-8-14)20-18-13-15(6-4-2)9-12-17(18)19;1-3-5-13-7-9-17(19)15(11-13)16-12-14(6-4-2)8-10-18(16)20;1-3-5-11-6-8-12(9,10)7-4-2/h7-13,19H,3-6H2,1-2H3;7-12,19-20H,3-6H2,1-2H3;3-8H2,1-2H3. The molecule has 286 valence electrons. The Balaban J connectivity index is 0.000000280. The molecule has 0 fully saturated rings. The van der Waals surface area contributed by atoms with Gasteiger partial charge in [-0.3, -0.25) is 0 Å². The summed E-state index contributed by atoms with van der Waals surface area (Å²) in [4.78, 5) is 0. The van der Waals surface area contributed by atoms with Crippen LogP contribution in [-0.4, -0.2) is 46.7 Å². The Morgan fingerprint density at radius 2 is 0.942 bits per heavy atom. The van der Waals surface area contributed by atoms with Gasteiger partial charge in [-0.05, 0) is 115 Å². The Hall–Kier alpha value is -3.62. The molecule has 0 saturated heterocycles. The first kappa shape index (κ1) is 44.5. The van der Waals surface area contributed by atoms with Gasteiger partial charge in [0.15, 0.2) is 21.3 Å². The second kappa shape index (κ2) is 24.6. The lowest BCUT2D eigenvalue weighted by Crippen LogP contribution is -2.12. The fourth-order valence-corrected chi connectivity index (χ4v) is 8.36. The van der Waals surface area contributed by atoms with E-state index in [1.807, 2.05) is 55.5 Å². The Morgan fingerprint density at radius 3 is 1.40 bits per heavy atom. The van der Waals surface area contributed by atoms with Crippen molar-refractivity contribution in [2.75, 3.05) is 23.0 Å². The third-order valence-corrected chi connectivity index (χ3v) is 11.4. The topological polar surface area (TPSA) is 104 Å². The Bertz CT molecular complexity index is 1650. The van der Waals surface area contributed by atoms with Gasteiger partial charge in [-0.2, -0.15) is 11.8 Å². The molecule has 0 atom stereocenters. The number of rotatable bonds is 18. The van der Waals surface area contributed by atoms with E-state index in [2.05, 4.69) is 46.8 Å². The number of ether oxygens (including phenoxy) is 1. The summed E-state index contributed by atoms with van der Waals surface area (Å²) in [6.45, 7) is 12.6. The molecule has 8 heteroatoms. The van der Waals surface area contributed by atoms with Crippen LogP contribution in [0.5, 0.6) is 28.7 Å². The van der Waals surface area contributed by atoms with Crippen molar-refractivity contribution in [3.05, 3.63) is 101 Å². The molecule has 0 unspecified atom stereocenters. The van der Waals surface area contributed by atoms with E-state index < -0.39 is 9.84 Å². The van der Waals surface area contributed by atoms with E-state index in [0.717, 1.165) is 81.5 Å². The molecule has 0 aromatic heterocycles. The van der Waals surface area contributed by atoms with Crippen LogP contribution in [0.1, 0.15) is 102 Å². The SMILES string of the molecule is CCCSCCS(=O)(=O)CCC.CCCc1ccc(O)c(-c2cc(CCC)ccc2O)c1.CCCc1ccc(Oc2cc(CCC)ccc2O)cc1. The summed E-state index contributed by atoms with van der Waals surface area (Å²) in [5, 5.41) is 30.1. The number of aromatic hydroxyl groups is 3. The Kier molecular flexibility index (Phi) is 21.1. The quantitative estimate of drug-likeness (QED) is 0.0870. The summed E-state index contributed by atoms with van der Waals surface area (Å²) in [6.07, 6.45) is 10.2. The first-order chi connectivity index (χ1) is 25.0. The third-order valence-electron chi connectivity index (χ3n) is 8.14. The fourth-order valence-electron chi connectivity index (χ4n) is 5.56. The first-order valence-electron chi connectivity index (χ1n) is 19.0. The van der Waals surface area contributed by atoms with Crippen molar-refractivity contribution in [3.8, 4) is 39.9 Å². The van der Waals surface area contributed by atoms with Crippen molar-refractivity contribution in [2.24, 2.45) is 0 Å². The lowest BCUT2D eigenvalue weighted by atomic mass is 9.96. The number of hydrogen-bond acceptors (Lipinski definition) is 7. The molecule has 0 heterocycles. The molecule has 52 heavy (non-hydrogen) atoms. The van der Waals surface area contributed by atoms with Crippen molar-refractivity contribution >= 4 is 21.6 Å². The summed E-state index contributed by atoms with van der Waals surface area (Å²) in [5.74, 6) is 4.43. The number of phenolic OH excluding ortho intramolecular Hbond substituents is 3. The van der Waals surface area contributed by atoms with E-state index in [0.29, 0.717) is 28.4 Å². The van der Waals surface area contributed by atoms with Gasteiger partial charge in [0.05, 0.1) is 5.75 Å². The molecule has 0 aliphatic heterocycles. The molecule has 6 nitrogen and oxygen atoms in total. The molecule has 3 N–H and O–H groups in total. The second-order valence-electron chi connectivity index (χ2n) is 13.0. The van der Waals surface area contributed by atoms with Gasteiger partial charge in [0.2, 0.25) is 0 Å². The molecule has 4 rings (SSSR count). The highest BCUT2D eigenvalue weighted by Crippen LogP contribution is 2.37. The number of sulfone groups is 1. The zero-order valence-electron chi connectivity index (χ0n) is 32.3. The smallest absolute Gasteiger partial charge is 0.169 e. The highest BCUT2D eigenvalue weighted by Gasteiger charge is 2.11. The molecule has 0 radical (unpaired) electrons. The zero-order valence-corrected chi connectivity index (χ0v) is 33.9. The molecular weight excluding hydrogens is 689 g/mol. The minimum atomic E-state index is -2.73. The Labute approximate surface area is 318 Å². The predicted molar refractivity (Wildman–Crippen MR) is 222 cm³/mol. The van der Waals surface area contributed by atoms with Crippen molar-refractivity contribution in [1.82, 2.24) is 0 Å². The van der Waals surface area contributed by atoms with Crippen LogP contribution in [0.25, 0.3) is 11.1 Å². The highest BCUT2D eigenvalue weighted by molar-refractivity contribution is 8.00. The van der Waals surface area contributed by atoms with Crippen LogP contribution in [0.4, 0.5) is 0 Å². The maximum atomic E-state index is 11.2. The van der Waals surface area contributed by atoms with Crippen LogP contribution in [0, 0.1) is 0 Å². The maximum absolute atomic E-state index is 11.2. The van der Waals surface area contributed by atoms with Crippen LogP contribution in [0.15, 0.2) is 78.9 Å². The molecule has 0 amide bonds. The van der Waals surface area contributed by atoms with Crippen molar-refractivity contribution in [2.45, 2.75) is 106 Å². The average molecular weight is 751 g/mol. The van der Waals surface area contributed by atoms with Gasteiger partial charge in [-0.15, -0.1) is 0 Å². The van der Waals surface area contributed by atoms with E-state index in [1.54, 1.807) is 30.0 Å². The summed E-state index contributed by atoms with van der Waals surface area (Å²) < 4.78 is 28.1. The fraction of sp³-hybridized carbons (Fsp3) is 0.455. The van der Waals surface area contributed by atoms with Gasteiger partial charge in [0.25, 0.3) is 0 Å². The van der Waals surface area contributed by atoms with Gasteiger partial charge in [0.1, 0.15) is 17.2 Å². The van der Waals surface area contributed by atoms with Gasteiger partial charge in [0, 0.05) is 22.6 Å². The van der Waals surface area contributed by atoms with Gasteiger partial charge >= 0.3 is 0 Å². The third kappa shape index (κ3) is 16.4. The summed E-state index contributed by atoms with van der Waals surface area (Å²) >= 11 is 1.73. The highest BCUT2D eigenvalue weighted by atomic mass is 32.2. The molecule has 0 spiro atoms. The minimum Gasteiger partial charge on any atom is -0.507 e. The van der Waals surface area contributed by atoms with Gasteiger partial charge in [-0.25, -0.2) is 8.42 Å². The predicted octanol–water partition coefficient (Wildman–Crippen LogP) is 11.7. The number of thioether (sulfide) groups is 1. The van der Waals surface area contributed by atoms with Crippen LogP contribution >= 0.6 is 11.8 Å². The molecule has 4 aromatic carbocycles. The normalized spacial score (nSPS) is 10.9. The minimum absolute atomic E-state index is 0.183. The van der Waals surface area contributed by atoms with E-state index in [1.165, 1.54) is 22.3 Å². The number of aryl methyl sites for hydroxylation is 4. The zero-order chi connectivity index (χ0) is 38.4. The van der Waals surface area contributed by atoms with Crippen molar-refractivity contribution < 1.29 is 28.5 Å². The molecule has 0 saturated carbocycles. The van der Waals surface area contributed by atoms with Crippen LogP contribution in [0.2, 0.25) is 0 Å². The molecular formula is C44H62O6S2. The molecule has 0 aliphatic rings. The summed E-state index contributed by atoms with van der Waals surface area (Å²) in [7, 11) is -2.73. The second-order valence-corrected chi connectivity index (χ2v) is 16.5. The van der Waals surface area contributed by atoms with Crippen LogP contribution < -0.4 is 4.74 Å². The van der Waals surface area contributed by atoms with Crippen LogP contribution in [0.3, 0.4) is 0 Å². The van der Waals surface area contributed by atoms with E-state index in [9.17, 15) is 23.7 Å². The molecule has 0 aliphatic carbocycles. The van der Waals surface area contributed by atoms with E-state index in [4.69, 9.17) is 4.74 Å². The molecule has 0 bridgehead atoms. The van der Waals surface area contributed by atoms with Gasteiger partial charge < -0.3 is 20.1 Å². The maximum Gasteiger partial charge on any atom is 0.169 e. The van der Waals surface area contributed by atoms with Gasteiger partial charge in [-0.1, -0.05) is 97.6 Å². The average Bonchev–Trinajstić information content (AvgIpc) is 3.12. The number of hydrogen-bond donors (Lipinski definition) is 3. The first-order valence-corrected chi connectivity index (χ1v) is 22.0. The number of benzene rings is 4. The lowest BCUT2D eigenvalue weighted by Gasteiger charge is -2.11. The largest absolute Gasteiger partial charge is 0.507 e. The van der Waals surface area contributed by atoms with E-state index >= 15 is 0 Å². The Morgan fingerprint density at radius 1 is 0.500 bits per heavy atom. The van der Waals surface area contributed by atoms with Crippen molar-refractivity contribution in [1.29, 1.82) is 0 Å². The summed E-state index contributed by atoms with van der Waals surface area (Å²) in [6, 6.07) is 24.9. The molecule has 4 aromatic rings.